The average Bonchev–Trinajstić information content (AvgIpc) is 2.45. The number of hydrogen-bond acceptors (Lipinski definition) is 3. The number of allylic oxidation sites excluding steroid dienone is 3. The van der Waals surface area contributed by atoms with Gasteiger partial charge in [0.25, 0.3) is 5.91 Å². The second-order valence-electron chi connectivity index (χ2n) is 4.36. The summed E-state index contributed by atoms with van der Waals surface area (Å²) in [5.41, 5.74) is 0.852. The number of methoxy groups -OCH3 is 1. The van der Waals surface area contributed by atoms with Crippen molar-refractivity contribution < 1.29 is 13.9 Å². The highest BCUT2D eigenvalue weighted by Gasteiger charge is 2.15. The Morgan fingerprint density at radius 3 is 2.73 bits per heavy atom. The van der Waals surface area contributed by atoms with Gasteiger partial charge in [-0.2, -0.15) is 0 Å². The number of rotatable bonds is 6. The maximum atomic E-state index is 13.6. The van der Waals surface area contributed by atoms with Crippen molar-refractivity contribution in [3.8, 4) is 5.75 Å². The van der Waals surface area contributed by atoms with E-state index in [0.29, 0.717) is 10.5 Å². The lowest BCUT2D eigenvalue weighted by molar-refractivity contribution is -0.117. The largest absolute Gasteiger partial charge is 0.494 e. The molecule has 1 amide bonds. The first kappa shape index (κ1) is 18.3. The van der Waals surface area contributed by atoms with Gasteiger partial charge < -0.3 is 10.1 Å². The van der Waals surface area contributed by atoms with Crippen LogP contribution in [0.4, 0.5) is 4.39 Å². The third-order valence-electron chi connectivity index (χ3n) is 2.76. The Hall–Kier alpha value is -1.72. The quantitative estimate of drug-likeness (QED) is 0.467. The summed E-state index contributed by atoms with van der Waals surface area (Å²) in [6.45, 7) is 5.34. The lowest BCUT2D eigenvalue weighted by atomic mass is 10.1. The number of amides is 1. The molecule has 0 saturated heterocycles. The van der Waals surface area contributed by atoms with E-state index in [-0.39, 0.29) is 22.9 Å². The average molecular weight is 342 g/mol. The fourth-order valence-electron chi connectivity index (χ4n) is 1.72. The topological polar surface area (TPSA) is 38.3 Å². The minimum Gasteiger partial charge on any atom is -0.494 e. The van der Waals surface area contributed by atoms with Gasteiger partial charge in [-0.15, -0.1) is 12.6 Å². The first-order chi connectivity index (χ1) is 10.4. The highest BCUT2D eigenvalue weighted by atomic mass is 35.5. The molecule has 0 aliphatic rings. The molecule has 1 N–H and O–H groups in total. The van der Waals surface area contributed by atoms with Gasteiger partial charge in [0.05, 0.1) is 17.7 Å². The van der Waals surface area contributed by atoms with Gasteiger partial charge in [-0.3, -0.25) is 4.79 Å². The standard InChI is InChI=1S/C16H17ClFNO2S/c1-4-5-12(17)15(10(2)22)16(20)19-9-11-6-7-14(21-3)13(18)8-11/h4-8,22H,1,9H2,2-3H3,(H,19,20)/b12-5+,15-10-. The third kappa shape index (κ3) is 4.93. The van der Waals surface area contributed by atoms with Crippen LogP contribution in [0.5, 0.6) is 5.75 Å². The van der Waals surface area contributed by atoms with Crippen molar-refractivity contribution in [1.82, 2.24) is 5.32 Å². The number of carbonyl (C=O) groups is 1. The first-order valence-electron chi connectivity index (χ1n) is 6.39. The lowest BCUT2D eigenvalue weighted by Gasteiger charge is -2.10. The summed E-state index contributed by atoms with van der Waals surface area (Å²) >= 11 is 10.2. The molecule has 0 aromatic heterocycles. The molecule has 0 unspecified atom stereocenters. The number of benzene rings is 1. The zero-order chi connectivity index (χ0) is 16.7. The molecule has 0 aliphatic heterocycles. The highest BCUT2D eigenvalue weighted by molar-refractivity contribution is 7.84. The van der Waals surface area contributed by atoms with Crippen molar-refractivity contribution in [2.45, 2.75) is 13.5 Å². The maximum Gasteiger partial charge on any atom is 0.253 e. The van der Waals surface area contributed by atoms with Crippen LogP contribution < -0.4 is 10.1 Å². The van der Waals surface area contributed by atoms with Crippen molar-refractivity contribution >= 4 is 30.1 Å². The van der Waals surface area contributed by atoms with E-state index in [9.17, 15) is 9.18 Å². The van der Waals surface area contributed by atoms with E-state index < -0.39 is 11.7 Å². The maximum absolute atomic E-state index is 13.6. The highest BCUT2D eigenvalue weighted by Crippen LogP contribution is 2.22. The molecule has 0 fully saturated rings. The van der Waals surface area contributed by atoms with E-state index in [1.54, 1.807) is 13.0 Å². The molecule has 1 rings (SSSR count). The molecule has 22 heavy (non-hydrogen) atoms. The SMILES string of the molecule is C=C/C=C(Cl)\C(C(=O)NCc1ccc(OC)c(F)c1)=C(/C)S. The van der Waals surface area contributed by atoms with Gasteiger partial charge >= 0.3 is 0 Å². The van der Waals surface area contributed by atoms with Crippen molar-refractivity contribution in [2.24, 2.45) is 0 Å². The third-order valence-corrected chi connectivity index (χ3v) is 3.30. The van der Waals surface area contributed by atoms with Crippen LogP contribution in [0.25, 0.3) is 0 Å². The normalized spacial score (nSPS) is 12.5. The Kier molecular flexibility index (Phi) is 7.21. The van der Waals surface area contributed by atoms with Crippen LogP contribution in [0.3, 0.4) is 0 Å². The van der Waals surface area contributed by atoms with Gasteiger partial charge in [0.15, 0.2) is 11.6 Å². The second-order valence-corrected chi connectivity index (χ2v) is 5.44. The Labute approximate surface area is 139 Å². The molecule has 1 aromatic carbocycles. The van der Waals surface area contributed by atoms with E-state index in [1.165, 1.54) is 31.4 Å². The van der Waals surface area contributed by atoms with Crippen molar-refractivity contribution in [2.75, 3.05) is 7.11 Å². The summed E-state index contributed by atoms with van der Waals surface area (Å²) in [5, 5.41) is 2.91. The van der Waals surface area contributed by atoms with Gasteiger partial charge in [0.1, 0.15) is 0 Å². The van der Waals surface area contributed by atoms with Gasteiger partial charge in [-0.05, 0) is 35.6 Å². The molecule has 0 bridgehead atoms. The summed E-state index contributed by atoms with van der Waals surface area (Å²) in [6, 6.07) is 4.47. The molecule has 3 nitrogen and oxygen atoms in total. The zero-order valence-electron chi connectivity index (χ0n) is 12.3. The summed E-state index contributed by atoms with van der Waals surface area (Å²) in [6.07, 6.45) is 2.98. The van der Waals surface area contributed by atoms with E-state index in [4.69, 9.17) is 16.3 Å². The predicted octanol–water partition coefficient (Wildman–Crippen LogP) is 3.96. The summed E-state index contributed by atoms with van der Waals surface area (Å²) in [5.74, 6) is -0.731. The molecule has 0 spiro atoms. The Bertz CT molecular complexity index is 637. The lowest BCUT2D eigenvalue weighted by Crippen LogP contribution is -2.25. The Morgan fingerprint density at radius 1 is 1.55 bits per heavy atom. The summed E-state index contributed by atoms with van der Waals surface area (Å²) in [7, 11) is 1.39. The minimum atomic E-state index is -0.486. The number of nitrogens with one attached hydrogen (secondary N) is 1. The molecule has 0 heterocycles. The fraction of sp³-hybridized carbons (Fsp3) is 0.188. The molecule has 0 saturated carbocycles. The number of thiol groups is 1. The van der Waals surface area contributed by atoms with Crippen molar-refractivity contribution in [1.29, 1.82) is 0 Å². The van der Waals surface area contributed by atoms with Crippen LogP contribution in [0.15, 0.2) is 52.4 Å². The van der Waals surface area contributed by atoms with E-state index in [0.717, 1.165) is 0 Å². The molecule has 0 radical (unpaired) electrons. The molecular formula is C16H17ClFNO2S. The Morgan fingerprint density at radius 2 is 2.23 bits per heavy atom. The number of halogens is 2. The van der Waals surface area contributed by atoms with Crippen LogP contribution in [0, 0.1) is 5.82 Å². The van der Waals surface area contributed by atoms with Crippen LogP contribution in [-0.2, 0) is 11.3 Å². The molecular weight excluding hydrogens is 325 g/mol. The van der Waals surface area contributed by atoms with Gasteiger partial charge in [0.2, 0.25) is 0 Å². The molecule has 118 valence electrons. The van der Waals surface area contributed by atoms with Crippen LogP contribution in [-0.4, -0.2) is 13.0 Å². The smallest absolute Gasteiger partial charge is 0.253 e. The molecule has 6 heteroatoms. The first-order valence-corrected chi connectivity index (χ1v) is 7.22. The van der Waals surface area contributed by atoms with Gasteiger partial charge in [-0.25, -0.2) is 4.39 Å². The van der Waals surface area contributed by atoms with E-state index >= 15 is 0 Å². The monoisotopic (exact) mass is 341 g/mol. The zero-order valence-corrected chi connectivity index (χ0v) is 14.0. The van der Waals surface area contributed by atoms with E-state index in [1.807, 2.05) is 0 Å². The second kappa shape index (κ2) is 8.66. The van der Waals surface area contributed by atoms with E-state index in [2.05, 4.69) is 24.5 Å². The number of hydrogen-bond donors (Lipinski definition) is 2. The van der Waals surface area contributed by atoms with Crippen LogP contribution >= 0.6 is 24.2 Å². The van der Waals surface area contributed by atoms with Gasteiger partial charge in [-0.1, -0.05) is 30.3 Å². The fourth-order valence-corrected chi connectivity index (χ4v) is 2.33. The minimum absolute atomic E-state index is 0.152. The number of ether oxygens (including phenoxy) is 1. The summed E-state index contributed by atoms with van der Waals surface area (Å²) < 4.78 is 18.4. The van der Waals surface area contributed by atoms with Crippen LogP contribution in [0.1, 0.15) is 12.5 Å². The molecule has 0 aliphatic carbocycles. The number of carbonyl (C=O) groups excluding carboxylic acids is 1. The molecule has 1 aromatic rings. The Balaban J connectivity index is 2.84. The van der Waals surface area contributed by atoms with Gasteiger partial charge in [0, 0.05) is 6.54 Å². The molecule has 0 atom stereocenters. The van der Waals surface area contributed by atoms with Crippen LogP contribution in [0.2, 0.25) is 0 Å². The van der Waals surface area contributed by atoms with Crippen molar-refractivity contribution in [3.63, 3.8) is 0 Å². The predicted molar refractivity (Wildman–Crippen MR) is 90.6 cm³/mol. The van der Waals surface area contributed by atoms with Crippen molar-refractivity contribution in [3.05, 3.63) is 63.8 Å². The summed E-state index contributed by atoms with van der Waals surface area (Å²) in [4.78, 5) is 12.7.